The maximum Gasteiger partial charge on any atom is 0.330 e. The molecule has 8 N–H and O–H groups in total. The maximum atomic E-state index is 12.6. The zero-order valence-electron chi connectivity index (χ0n) is 54.9. The van der Waals surface area contributed by atoms with E-state index in [0.717, 1.165) is 11.8 Å². The van der Waals surface area contributed by atoms with Gasteiger partial charge in [0.25, 0.3) is 22.2 Å². The number of halogens is 6. The van der Waals surface area contributed by atoms with Crippen molar-refractivity contribution in [1.29, 1.82) is 0 Å². The standard InChI is InChI=1S/C15H26N2O5SSi.C15H26N2O4SSi.C11H16N2O5S.C11H16N2O4S.2C2H3Cl3.2CH4/c1-10-8-17(15(20)16-14(10)19)13-7-12(11(9-18)22-13)23(21)5-6-24(2,3)4;1-10-8-17(15(20)16-14(10)19)13-7-12(11(9-18)21-13)22-5-6-23(2,3)4;1-6-4-13(11(16)12-10(6)15)9-3-8(19(2)17)7(5-14)18-9;1-6-4-13(11(16)12-10(6)15)9-3-8(18-2)7(5-14)17-9;2*1-2(3,4)5;;/h8,11-13,18H,5-7,9H2,1-4H3,(H,16,19,20);8,11-13,18H,5-7,9H2,1-4H3,(H,16,19,20);4,7-9,14H,3,5H2,1-2H3,(H,12,15,16);4,7-9,14H,3,5H2,1-2H3,(H,12,15,16);2*1H3;2*1H4/t11-,12-,13-,23?;11-,12-,13-;7-,8-,9-,19?;7-,8-,9-;;;;/m1111..../s1. The monoisotopic (exact) mass is 1590 g/mol. The number of aliphatic hydroxyl groups excluding tert-OH is 4. The van der Waals surface area contributed by atoms with Gasteiger partial charge in [0.1, 0.15) is 24.9 Å². The van der Waals surface area contributed by atoms with Crippen molar-refractivity contribution in [1.82, 2.24) is 38.2 Å². The Bertz CT molecular complexity index is 3610. The molecule has 4 aliphatic rings. The van der Waals surface area contributed by atoms with E-state index in [-0.39, 0.29) is 85.6 Å². The maximum absolute atomic E-state index is 12.6. The van der Waals surface area contributed by atoms with Gasteiger partial charge in [-0.15, -0.1) is 0 Å². The lowest BCUT2D eigenvalue weighted by molar-refractivity contribution is -0.0240. The van der Waals surface area contributed by atoms with Gasteiger partial charge in [0, 0.05) is 133 Å². The highest BCUT2D eigenvalue weighted by atomic mass is 35.6. The molecule has 0 spiro atoms. The first kappa shape index (κ1) is 91.6. The van der Waals surface area contributed by atoms with Gasteiger partial charge in [-0.25, -0.2) is 19.2 Å². The normalized spacial score (nSPS) is 24.5. The Morgan fingerprint density at radius 2 is 0.771 bits per heavy atom. The third-order valence-corrected chi connectivity index (χ3v) is 24.4. The molecule has 4 aliphatic heterocycles. The molecular weight excluding hydrogens is 1490 g/mol. The summed E-state index contributed by atoms with van der Waals surface area (Å²) in [4.78, 5) is 102. The summed E-state index contributed by atoms with van der Waals surface area (Å²) in [7, 11) is -4.66. The van der Waals surface area contributed by atoms with Crippen LogP contribution in [0.25, 0.3) is 0 Å². The predicted molar refractivity (Wildman–Crippen MR) is 397 cm³/mol. The summed E-state index contributed by atoms with van der Waals surface area (Å²) in [5, 5.41) is 37.2. The van der Waals surface area contributed by atoms with Crippen LogP contribution in [-0.4, -0.2) is 187 Å². The molecule has 552 valence electrons. The highest BCUT2D eigenvalue weighted by Crippen LogP contribution is 2.38. The number of aryl methyl sites for hydroxylation is 4. The van der Waals surface area contributed by atoms with E-state index in [2.05, 4.69) is 59.2 Å². The first-order chi connectivity index (χ1) is 43.3. The van der Waals surface area contributed by atoms with Crippen LogP contribution in [0, 0.1) is 27.7 Å². The summed E-state index contributed by atoms with van der Waals surface area (Å²) in [6.45, 7) is 22.5. The van der Waals surface area contributed by atoms with Gasteiger partial charge in [0.2, 0.25) is 0 Å². The average molecular weight is 1590 g/mol. The van der Waals surface area contributed by atoms with E-state index in [0.29, 0.717) is 53.7 Å². The number of ether oxygens (including phenoxy) is 4. The second-order valence-corrected chi connectivity index (χ2v) is 47.9. The number of aromatic amines is 4. The van der Waals surface area contributed by atoms with Crippen molar-refractivity contribution in [3.63, 3.8) is 0 Å². The fourth-order valence-electron chi connectivity index (χ4n) is 9.46. The topological polar surface area (TPSA) is 371 Å². The van der Waals surface area contributed by atoms with Crippen molar-refractivity contribution in [2.75, 3.05) is 50.4 Å². The van der Waals surface area contributed by atoms with E-state index in [1.54, 1.807) is 45.7 Å². The van der Waals surface area contributed by atoms with Crippen LogP contribution < -0.4 is 45.0 Å². The quantitative estimate of drug-likeness (QED) is 0.0371. The van der Waals surface area contributed by atoms with Crippen LogP contribution in [0.15, 0.2) is 63.1 Å². The van der Waals surface area contributed by atoms with Gasteiger partial charge in [0.15, 0.2) is 7.59 Å². The van der Waals surface area contributed by atoms with Crippen LogP contribution in [0.4, 0.5) is 0 Å². The van der Waals surface area contributed by atoms with E-state index in [4.69, 9.17) is 88.6 Å². The molecule has 4 aromatic rings. The second-order valence-electron chi connectivity index (χ2n) is 25.1. The molecule has 38 heteroatoms. The van der Waals surface area contributed by atoms with Gasteiger partial charge in [-0.3, -0.25) is 65.8 Å². The number of rotatable bonds is 18. The Labute approximate surface area is 604 Å². The van der Waals surface area contributed by atoms with Crippen LogP contribution in [0.1, 0.15) is 102 Å². The predicted octanol–water partition coefficient (Wildman–Crippen LogP) is 6.90. The Morgan fingerprint density at radius 3 is 1.04 bits per heavy atom. The fourth-order valence-corrected chi connectivity index (χ4v) is 19.6. The van der Waals surface area contributed by atoms with Crippen LogP contribution >= 0.6 is 93.1 Å². The number of nitrogens with zero attached hydrogens (tertiary/aromatic N) is 4. The fraction of sp³-hybridized carbons (Fsp3) is 0.724. The minimum atomic E-state index is -1.30. The van der Waals surface area contributed by atoms with Crippen molar-refractivity contribution in [2.24, 2.45) is 0 Å². The summed E-state index contributed by atoms with van der Waals surface area (Å²) in [5.74, 6) is 1.64. The Balaban J connectivity index is 0.000000608. The number of nitrogens with one attached hydrogen (secondary N) is 4. The zero-order chi connectivity index (χ0) is 71.7. The summed E-state index contributed by atoms with van der Waals surface area (Å²) < 4.78 is 50.2. The molecule has 4 fully saturated rings. The molecule has 14 atom stereocenters. The number of hydrogen-bond donors (Lipinski definition) is 8. The number of thioether (sulfide) groups is 2. The van der Waals surface area contributed by atoms with Crippen molar-refractivity contribution < 1.29 is 47.8 Å². The van der Waals surface area contributed by atoms with Crippen LogP contribution in [0.2, 0.25) is 51.4 Å². The van der Waals surface area contributed by atoms with Gasteiger partial charge < -0.3 is 39.4 Å². The number of hydrogen-bond acceptors (Lipinski definition) is 20. The molecule has 0 aromatic carbocycles. The molecule has 0 saturated carbocycles. The Kier molecular flexibility index (Phi) is 39.1. The minimum absolute atomic E-state index is 0. The molecule has 2 unspecified atom stereocenters. The summed E-state index contributed by atoms with van der Waals surface area (Å²) in [6, 6.07) is 2.16. The van der Waals surface area contributed by atoms with Crippen molar-refractivity contribution in [3.8, 4) is 0 Å². The van der Waals surface area contributed by atoms with Gasteiger partial charge in [-0.05, 0) is 65.6 Å². The number of aliphatic hydroxyl groups is 4. The first-order valence-electron chi connectivity index (χ1n) is 29.6. The molecule has 8 heterocycles. The number of aromatic nitrogens is 8. The van der Waals surface area contributed by atoms with Crippen molar-refractivity contribution in [2.45, 2.75) is 211 Å². The van der Waals surface area contributed by atoms with E-state index in [9.17, 15) is 67.2 Å². The van der Waals surface area contributed by atoms with Crippen LogP contribution in [0.3, 0.4) is 0 Å². The largest absolute Gasteiger partial charge is 0.394 e. The molecule has 26 nitrogen and oxygen atoms in total. The smallest absolute Gasteiger partial charge is 0.330 e. The lowest BCUT2D eigenvalue weighted by Crippen LogP contribution is -2.33. The van der Waals surface area contributed by atoms with E-state index >= 15 is 0 Å². The van der Waals surface area contributed by atoms with Gasteiger partial charge in [-0.2, -0.15) is 23.5 Å². The zero-order valence-corrected chi connectivity index (χ0v) is 64.7. The van der Waals surface area contributed by atoms with Crippen molar-refractivity contribution >= 4 is 131 Å². The molecule has 96 heavy (non-hydrogen) atoms. The third kappa shape index (κ3) is 30.6. The number of alkyl halides is 6. The van der Waals surface area contributed by atoms with Crippen molar-refractivity contribution in [3.05, 3.63) is 130 Å². The second kappa shape index (κ2) is 41.0. The Hall–Kier alpha value is -2.43. The molecule has 8 rings (SSSR count). The molecule has 0 radical (unpaired) electrons. The van der Waals surface area contributed by atoms with Gasteiger partial charge in [-0.1, -0.05) is 124 Å². The molecule has 0 amide bonds. The minimum Gasteiger partial charge on any atom is -0.394 e. The lowest BCUT2D eigenvalue weighted by atomic mass is 10.2. The van der Waals surface area contributed by atoms with Gasteiger partial charge >= 0.3 is 22.8 Å². The van der Waals surface area contributed by atoms with Crippen LogP contribution in [0.5, 0.6) is 0 Å². The molecule has 0 bridgehead atoms. The molecule has 4 saturated heterocycles. The molecular formula is C58H98Cl6N8O18S4Si2. The lowest BCUT2D eigenvalue weighted by Gasteiger charge is -2.19. The van der Waals surface area contributed by atoms with E-state index < -0.39 is 116 Å². The third-order valence-electron chi connectivity index (χ3n) is 14.6. The summed E-state index contributed by atoms with van der Waals surface area (Å²) in [5.41, 5.74) is -1.94. The molecule has 4 aromatic heterocycles. The Morgan fingerprint density at radius 1 is 0.500 bits per heavy atom. The number of H-pyrrole nitrogens is 4. The first-order valence-corrected chi connectivity index (χ1v) is 44.7. The summed E-state index contributed by atoms with van der Waals surface area (Å²) in [6.07, 6.45) is 7.68. The highest BCUT2D eigenvalue weighted by Gasteiger charge is 2.42. The van der Waals surface area contributed by atoms with Crippen LogP contribution in [-0.2, 0) is 40.5 Å². The molecule has 0 aliphatic carbocycles. The van der Waals surface area contributed by atoms with E-state index in [1.165, 1.54) is 62.9 Å². The average Bonchev–Trinajstić information content (AvgIpc) is 1.73. The SMILES string of the molecule is C.C.CC(Cl)(Cl)Cl.CC(Cl)(Cl)Cl.CS[C@@H]1C[C@H](n2cc(C)c(=O)[nH]c2=O)O[C@@H]1CO.Cc1cn([C@H]2C[C@@H](S(=O)CC[Si](C)(C)C)[C@@H](CO)O2)c(=O)[nH]c1=O.Cc1cn([C@H]2C[C@@H](S(C)=O)[C@@H](CO)O2)c(=O)[nH]c1=O.Cc1cn([C@H]2C[C@@H](SCC[Si](C)(C)C)[C@@H](CO)O2)c(=O)[nH]c1=O. The highest BCUT2D eigenvalue weighted by molar-refractivity contribution is 8.00. The van der Waals surface area contributed by atoms with E-state index in [1.807, 2.05) is 18.0 Å². The van der Waals surface area contributed by atoms with Gasteiger partial charge in [0.05, 0.1) is 61.3 Å². The summed E-state index contributed by atoms with van der Waals surface area (Å²) >= 11 is 33.8.